The number of piperazine rings is 1. The average molecular weight is 543 g/mol. The van der Waals surface area contributed by atoms with Gasteiger partial charge in [0.05, 0.1) is 22.3 Å². The normalized spacial score (nSPS) is 14.7. The number of hydrogen-bond donors (Lipinski definition) is 3. The first kappa shape index (κ1) is 26.6. The van der Waals surface area contributed by atoms with Crippen molar-refractivity contribution in [1.82, 2.24) is 14.9 Å². The Bertz CT molecular complexity index is 1500. The number of carbonyl (C=O) groups excluding carboxylic acids is 1. The highest BCUT2D eigenvalue weighted by atomic mass is 35.5. The van der Waals surface area contributed by atoms with Crippen LogP contribution >= 0.6 is 11.6 Å². The number of halogens is 1. The Balaban J connectivity index is 1.35. The number of anilines is 4. The highest BCUT2D eigenvalue weighted by molar-refractivity contribution is 6.33. The molecule has 3 aromatic carbocycles. The van der Waals surface area contributed by atoms with Gasteiger partial charge >= 0.3 is 0 Å². The zero-order chi connectivity index (χ0) is 27.4. The maximum Gasteiger partial charge on any atom is 0.247 e. The summed E-state index contributed by atoms with van der Waals surface area (Å²) in [6.45, 7) is 9.59. The second-order valence-electron chi connectivity index (χ2n) is 9.64. The van der Waals surface area contributed by atoms with Gasteiger partial charge in [0.15, 0.2) is 0 Å². The summed E-state index contributed by atoms with van der Waals surface area (Å²) in [5.74, 6) is 0.174. The van der Waals surface area contributed by atoms with Crippen LogP contribution in [0.3, 0.4) is 0 Å². The minimum Gasteiger partial charge on any atom is -0.392 e. The summed E-state index contributed by atoms with van der Waals surface area (Å²) >= 11 is 6.68. The van der Waals surface area contributed by atoms with Gasteiger partial charge in [0.25, 0.3) is 0 Å². The van der Waals surface area contributed by atoms with Crippen molar-refractivity contribution in [2.45, 2.75) is 13.0 Å². The van der Waals surface area contributed by atoms with E-state index in [0.717, 1.165) is 59.6 Å². The first-order valence-corrected chi connectivity index (χ1v) is 13.3. The van der Waals surface area contributed by atoms with Crippen molar-refractivity contribution >= 4 is 51.4 Å². The number of benzene rings is 3. The van der Waals surface area contributed by atoms with Crippen molar-refractivity contribution in [2.75, 3.05) is 48.3 Å². The minimum absolute atomic E-state index is 0.264. The molecule has 1 fully saturated rings. The molecule has 2 heterocycles. The monoisotopic (exact) mass is 542 g/mol. The van der Waals surface area contributed by atoms with Crippen molar-refractivity contribution in [3.05, 3.63) is 84.5 Å². The van der Waals surface area contributed by atoms with Gasteiger partial charge in [-0.25, -0.2) is 9.97 Å². The van der Waals surface area contributed by atoms with Crippen LogP contribution in [0.25, 0.3) is 22.0 Å². The van der Waals surface area contributed by atoms with Crippen molar-refractivity contribution < 1.29 is 9.90 Å². The molecule has 1 unspecified atom stereocenters. The van der Waals surface area contributed by atoms with Crippen LogP contribution in [0.4, 0.5) is 23.0 Å². The smallest absolute Gasteiger partial charge is 0.247 e. The Morgan fingerprint density at radius 3 is 2.67 bits per heavy atom. The Morgan fingerprint density at radius 2 is 1.92 bits per heavy atom. The molecule has 0 saturated carbocycles. The van der Waals surface area contributed by atoms with E-state index in [1.54, 1.807) is 6.20 Å². The molecule has 5 rings (SSSR count). The predicted octanol–water partition coefficient (Wildman–Crippen LogP) is 5.32. The summed E-state index contributed by atoms with van der Waals surface area (Å²) in [6, 6.07) is 19.5. The molecular weight excluding hydrogens is 512 g/mol. The number of hydrogen-bond acceptors (Lipinski definition) is 7. The van der Waals surface area contributed by atoms with Crippen LogP contribution in [0.15, 0.2) is 79.5 Å². The number of para-hydroxylation sites is 1. The molecule has 0 spiro atoms. The van der Waals surface area contributed by atoms with Crippen LogP contribution in [-0.4, -0.2) is 64.7 Å². The third-order valence-electron chi connectivity index (χ3n) is 6.70. The van der Waals surface area contributed by atoms with E-state index in [4.69, 9.17) is 16.6 Å². The minimum atomic E-state index is -0.319. The molecule has 4 aromatic rings. The van der Waals surface area contributed by atoms with Crippen LogP contribution in [0, 0.1) is 0 Å². The summed E-state index contributed by atoms with van der Waals surface area (Å²) in [5.41, 5.74) is 5.08. The van der Waals surface area contributed by atoms with Crippen LogP contribution in [-0.2, 0) is 4.79 Å². The van der Waals surface area contributed by atoms with E-state index >= 15 is 0 Å². The van der Waals surface area contributed by atoms with Gasteiger partial charge in [-0.15, -0.1) is 0 Å². The molecule has 0 aliphatic carbocycles. The summed E-state index contributed by atoms with van der Waals surface area (Å²) < 4.78 is 0. The lowest BCUT2D eigenvalue weighted by Crippen LogP contribution is -2.48. The topological polar surface area (TPSA) is 93.6 Å². The number of rotatable bonds is 8. The van der Waals surface area contributed by atoms with Crippen LogP contribution < -0.4 is 15.5 Å². The Morgan fingerprint density at radius 1 is 1.13 bits per heavy atom. The van der Waals surface area contributed by atoms with Crippen molar-refractivity contribution in [3.63, 3.8) is 0 Å². The molecular formula is C30H31ClN6O2. The Labute approximate surface area is 232 Å². The predicted molar refractivity (Wildman–Crippen MR) is 159 cm³/mol. The van der Waals surface area contributed by atoms with Crippen LogP contribution in [0.2, 0.25) is 5.02 Å². The van der Waals surface area contributed by atoms with E-state index in [0.29, 0.717) is 23.2 Å². The van der Waals surface area contributed by atoms with Crippen LogP contribution in [0.5, 0.6) is 0 Å². The third kappa shape index (κ3) is 6.37. The van der Waals surface area contributed by atoms with Gasteiger partial charge in [0.1, 0.15) is 0 Å². The first-order chi connectivity index (χ1) is 18.9. The largest absolute Gasteiger partial charge is 0.392 e. The third-order valence-corrected chi connectivity index (χ3v) is 7.01. The number of aliphatic hydroxyl groups excluding tert-OH is 1. The standard InChI is InChI=1S/C30H31ClN6O2/c1-3-28(39)33-23-8-4-6-21(16-23)25-9-5-7-22-18-32-30(35-29(22)25)34-27-11-10-24(17-26(27)31)37-14-12-36(13-15-37)19-20(2)38/h3-11,16-18,20,38H,1,12-15,19H2,2H3,(H,33,39)(H,32,34,35). The molecule has 1 atom stereocenters. The highest BCUT2D eigenvalue weighted by Gasteiger charge is 2.19. The number of aliphatic hydroxyl groups is 1. The molecule has 1 aliphatic heterocycles. The first-order valence-electron chi connectivity index (χ1n) is 12.9. The second-order valence-corrected chi connectivity index (χ2v) is 10.0. The molecule has 1 saturated heterocycles. The fourth-order valence-corrected chi connectivity index (χ4v) is 5.01. The number of aromatic nitrogens is 2. The van der Waals surface area contributed by atoms with Gasteiger partial charge in [-0.2, -0.15) is 0 Å². The summed E-state index contributed by atoms with van der Waals surface area (Å²) in [5, 5.41) is 17.2. The van der Waals surface area contributed by atoms with Gasteiger partial charge in [0.2, 0.25) is 11.9 Å². The highest BCUT2D eigenvalue weighted by Crippen LogP contribution is 2.32. The fourth-order valence-electron chi connectivity index (χ4n) is 4.79. The molecule has 9 heteroatoms. The Kier molecular flexibility index (Phi) is 8.07. The van der Waals surface area contributed by atoms with Gasteiger partial charge in [-0.1, -0.05) is 48.5 Å². The molecule has 8 nitrogen and oxygen atoms in total. The van der Waals surface area contributed by atoms with Gasteiger partial charge < -0.3 is 20.6 Å². The lowest BCUT2D eigenvalue weighted by atomic mass is 10.0. The number of amides is 1. The van der Waals surface area contributed by atoms with E-state index < -0.39 is 0 Å². The maximum absolute atomic E-state index is 11.8. The van der Waals surface area contributed by atoms with E-state index in [1.165, 1.54) is 6.08 Å². The molecule has 0 radical (unpaired) electrons. The average Bonchev–Trinajstić information content (AvgIpc) is 2.94. The summed E-state index contributed by atoms with van der Waals surface area (Å²) in [4.78, 5) is 25.7. The van der Waals surface area contributed by atoms with Crippen molar-refractivity contribution in [2.24, 2.45) is 0 Å². The van der Waals surface area contributed by atoms with Gasteiger partial charge in [0, 0.05) is 61.2 Å². The van der Waals surface area contributed by atoms with Gasteiger partial charge in [-0.05, 0) is 48.9 Å². The zero-order valence-electron chi connectivity index (χ0n) is 21.8. The summed E-state index contributed by atoms with van der Waals surface area (Å²) in [6.07, 6.45) is 2.71. The number of nitrogens with zero attached hydrogens (tertiary/aromatic N) is 4. The molecule has 1 aliphatic rings. The lowest BCUT2D eigenvalue weighted by molar-refractivity contribution is -0.111. The lowest BCUT2D eigenvalue weighted by Gasteiger charge is -2.36. The number of carbonyl (C=O) groups is 1. The molecule has 1 aromatic heterocycles. The fraction of sp³-hybridized carbons (Fsp3) is 0.233. The molecule has 0 bridgehead atoms. The second kappa shape index (κ2) is 11.8. The number of fused-ring (bicyclic) bond motifs is 1. The quantitative estimate of drug-likeness (QED) is 0.259. The molecule has 3 N–H and O–H groups in total. The Hall–Kier alpha value is -3.98. The zero-order valence-corrected chi connectivity index (χ0v) is 22.5. The van der Waals surface area contributed by atoms with E-state index in [1.807, 2.05) is 67.6 Å². The van der Waals surface area contributed by atoms with E-state index in [-0.39, 0.29) is 12.0 Å². The number of β-amino-alcohol motifs (C(OH)–C–C–N with tert-alkyl or cyclic N) is 1. The van der Waals surface area contributed by atoms with Crippen LogP contribution in [0.1, 0.15) is 6.92 Å². The van der Waals surface area contributed by atoms with Gasteiger partial charge in [-0.3, -0.25) is 9.69 Å². The van der Waals surface area contributed by atoms with Crippen molar-refractivity contribution in [1.29, 1.82) is 0 Å². The SMILES string of the molecule is C=CC(=O)Nc1cccc(-c2cccc3cnc(Nc4ccc(N5CCN(CC(C)O)CC5)cc4Cl)nc23)c1. The van der Waals surface area contributed by atoms with E-state index in [9.17, 15) is 9.90 Å². The van der Waals surface area contributed by atoms with Crippen molar-refractivity contribution in [3.8, 4) is 11.1 Å². The molecule has 39 heavy (non-hydrogen) atoms. The molecule has 1 amide bonds. The molecule has 200 valence electrons. The summed E-state index contributed by atoms with van der Waals surface area (Å²) in [7, 11) is 0. The van der Waals surface area contributed by atoms with E-state index in [2.05, 4.69) is 32.0 Å². The number of nitrogens with one attached hydrogen (secondary N) is 2. The maximum atomic E-state index is 11.8.